The quantitative estimate of drug-likeness (QED) is 0.739. The van der Waals surface area contributed by atoms with Crippen molar-refractivity contribution in [3.05, 3.63) is 11.9 Å². The number of aliphatic hydroxyl groups excluding tert-OH is 2. The second-order valence-corrected chi connectivity index (χ2v) is 5.19. The minimum absolute atomic E-state index is 0.231. The molecule has 0 aliphatic carbocycles. The van der Waals surface area contributed by atoms with Crippen molar-refractivity contribution >= 4 is 11.6 Å². The lowest BCUT2D eigenvalue weighted by Crippen LogP contribution is -2.23. The normalized spacial score (nSPS) is 23.2. The molecular weight excluding hydrogens is 244 g/mol. The summed E-state index contributed by atoms with van der Waals surface area (Å²) in [4.78, 5) is 10.9. The second kappa shape index (κ2) is 5.71. The maximum Gasteiger partial charge on any atom is 0.135 e. The Morgan fingerprint density at radius 3 is 2.47 bits per heavy atom. The fourth-order valence-corrected chi connectivity index (χ4v) is 2.10. The van der Waals surface area contributed by atoms with Gasteiger partial charge in [-0.05, 0) is 6.92 Å². The zero-order valence-electron chi connectivity index (χ0n) is 11.7. The van der Waals surface area contributed by atoms with Gasteiger partial charge in [-0.25, -0.2) is 9.97 Å². The summed E-state index contributed by atoms with van der Waals surface area (Å²) in [5, 5.41) is 22.4. The highest BCUT2D eigenvalue weighted by molar-refractivity contribution is 5.50. The molecule has 2 atom stereocenters. The lowest BCUT2D eigenvalue weighted by molar-refractivity contribution is 0.0572. The molecule has 19 heavy (non-hydrogen) atoms. The van der Waals surface area contributed by atoms with Crippen LogP contribution in [0.25, 0.3) is 0 Å². The van der Waals surface area contributed by atoms with E-state index in [0.29, 0.717) is 13.1 Å². The Balaban J connectivity index is 2.28. The van der Waals surface area contributed by atoms with Crippen molar-refractivity contribution in [2.45, 2.75) is 38.9 Å². The van der Waals surface area contributed by atoms with Crippen molar-refractivity contribution in [2.75, 3.05) is 29.9 Å². The fourth-order valence-electron chi connectivity index (χ4n) is 2.10. The van der Waals surface area contributed by atoms with Crippen molar-refractivity contribution in [3.63, 3.8) is 0 Å². The number of aromatic nitrogens is 2. The third kappa shape index (κ3) is 3.13. The van der Waals surface area contributed by atoms with E-state index in [0.717, 1.165) is 24.0 Å². The number of hydrogen-bond acceptors (Lipinski definition) is 6. The Hall–Kier alpha value is -1.40. The molecule has 1 saturated heterocycles. The van der Waals surface area contributed by atoms with E-state index in [1.165, 1.54) is 0 Å². The van der Waals surface area contributed by atoms with E-state index in [4.69, 9.17) is 0 Å². The van der Waals surface area contributed by atoms with Crippen LogP contribution in [0.5, 0.6) is 0 Å². The van der Waals surface area contributed by atoms with Crippen LogP contribution in [0, 0.1) is 0 Å². The average molecular weight is 266 g/mol. The molecule has 2 heterocycles. The largest absolute Gasteiger partial charge is 0.389 e. The molecular formula is C13H22N4O2. The first-order chi connectivity index (χ1) is 9.01. The zero-order chi connectivity index (χ0) is 14.0. The van der Waals surface area contributed by atoms with Gasteiger partial charge in [0.25, 0.3) is 0 Å². The van der Waals surface area contributed by atoms with Crippen molar-refractivity contribution < 1.29 is 10.2 Å². The van der Waals surface area contributed by atoms with Crippen LogP contribution in [0.1, 0.15) is 32.5 Å². The first kappa shape index (κ1) is 14.0. The van der Waals surface area contributed by atoms with Crippen LogP contribution in [0.4, 0.5) is 11.6 Å². The molecule has 3 N–H and O–H groups in total. The summed E-state index contributed by atoms with van der Waals surface area (Å²) in [7, 11) is 0. The van der Waals surface area contributed by atoms with Gasteiger partial charge in [-0.1, -0.05) is 13.8 Å². The molecule has 2 unspecified atom stereocenters. The van der Waals surface area contributed by atoms with E-state index in [-0.39, 0.29) is 5.92 Å². The van der Waals surface area contributed by atoms with Crippen LogP contribution in [0.15, 0.2) is 6.07 Å². The predicted octanol–water partition coefficient (Wildman–Crippen LogP) is 0.574. The summed E-state index contributed by atoms with van der Waals surface area (Å²) < 4.78 is 0. The Bertz CT molecular complexity index is 429. The number of β-amino-alcohol motifs (C(OH)–C–C–N with tert-alkyl or cyclic N) is 2. The van der Waals surface area contributed by atoms with Crippen LogP contribution in [-0.4, -0.2) is 52.0 Å². The van der Waals surface area contributed by atoms with Gasteiger partial charge < -0.3 is 20.4 Å². The number of hydrogen-bond donors (Lipinski definition) is 3. The highest BCUT2D eigenvalue weighted by Crippen LogP contribution is 2.23. The molecule has 6 nitrogen and oxygen atoms in total. The van der Waals surface area contributed by atoms with Crippen LogP contribution in [0.2, 0.25) is 0 Å². The summed E-state index contributed by atoms with van der Waals surface area (Å²) in [6.07, 6.45) is -1.42. The highest BCUT2D eigenvalue weighted by Gasteiger charge is 2.30. The predicted molar refractivity (Wildman–Crippen MR) is 74.5 cm³/mol. The van der Waals surface area contributed by atoms with Gasteiger partial charge in [0.05, 0.1) is 12.2 Å². The van der Waals surface area contributed by atoms with E-state index in [1.807, 2.05) is 31.7 Å². The molecule has 2 rings (SSSR count). The minimum atomic E-state index is -0.708. The number of rotatable bonds is 4. The fraction of sp³-hybridized carbons (Fsp3) is 0.692. The van der Waals surface area contributed by atoms with Crippen molar-refractivity contribution in [1.29, 1.82) is 0 Å². The lowest BCUT2D eigenvalue weighted by atomic mass is 10.2. The van der Waals surface area contributed by atoms with Crippen molar-refractivity contribution in [1.82, 2.24) is 9.97 Å². The summed E-state index contributed by atoms with van der Waals surface area (Å²) in [6, 6.07) is 1.86. The molecule has 0 bridgehead atoms. The van der Waals surface area contributed by atoms with Crippen molar-refractivity contribution in [3.8, 4) is 0 Å². The van der Waals surface area contributed by atoms with Gasteiger partial charge in [0.2, 0.25) is 0 Å². The molecule has 1 aromatic rings. The van der Waals surface area contributed by atoms with E-state index in [2.05, 4.69) is 15.3 Å². The van der Waals surface area contributed by atoms with Crippen LogP contribution < -0.4 is 10.2 Å². The Labute approximate surface area is 113 Å². The van der Waals surface area contributed by atoms with Crippen LogP contribution in [0.3, 0.4) is 0 Å². The monoisotopic (exact) mass is 266 g/mol. The third-order valence-corrected chi connectivity index (χ3v) is 3.19. The Morgan fingerprint density at radius 1 is 1.32 bits per heavy atom. The molecule has 6 heteroatoms. The molecule has 106 valence electrons. The van der Waals surface area contributed by atoms with Gasteiger partial charge in [0.1, 0.15) is 17.5 Å². The lowest BCUT2D eigenvalue weighted by Gasteiger charge is -2.19. The summed E-state index contributed by atoms with van der Waals surface area (Å²) >= 11 is 0. The molecule has 1 aliphatic heterocycles. The van der Waals surface area contributed by atoms with E-state index >= 15 is 0 Å². The molecule has 0 aromatic carbocycles. The maximum atomic E-state index is 9.63. The number of nitrogens with zero attached hydrogens (tertiary/aromatic N) is 3. The Morgan fingerprint density at radius 2 is 1.95 bits per heavy atom. The summed E-state index contributed by atoms with van der Waals surface area (Å²) in [5.74, 6) is 2.54. The van der Waals surface area contributed by atoms with E-state index in [9.17, 15) is 10.2 Å². The van der Waals surface area contributed by atoms with Gasteiger partial charge in [0, 0.05) is 31.6 Å². The van der Waals surface area contributed by atoms with Crippen LogP contribution in [-0.2, 0) is 0 Å². The number of nitrogens with one attached hydrogen (secondary N) is 1. The topological polar surface area (TPSA) is 81.5 Å². The molecule has 1 aliphatic rings. The molecule has 0 amide bonds. The molecule has 1 aromatic heterocycles. The van der Waals surface area contributed by atoms with E-state index in [1.54, 1.807) is 0 Å². The third-order valence-electron chi connectivity index (χ3n) is 3.19. The van der Waals surface area contributed by atoms with Gasteiger partial charge >= 0.3 is 0 Å². The molecule has 0 saturated carbocycles. The first-order valence-electron chi connectivity index (χ1n) is 6.75. The summed E-state index contributed by atoms with van der Waals surface area (Å²) in [5.41, 5.74) is 0. The maximum absolute atomic E-state index is 9.63. The summed E-state index contributed by atoms with van der Waals surface area (Å²) in [6.45, 7) is 7.70. The molecule has 0 radical (unpaired) electrons. The smallest absolute Gasteiger partial charge is 0.135 e. The Kier molecular flexibility index (Phi) is 4.21. The number of aliphatic hydroxyl groups is 2. The van der Waals surface area contributed by atoms with Crippen molar-refractivity contribution in [2.24, 2.45) is 0 Å². The highest BCUT2D eigenvalue weighted by atomic mass is 16.3. The molecule has 0 spiro atoms. The van der Waals surface area contributed by atoms with Crippen LogP contribution >= 0.6 is 0 Å². The van der Waals surface area contributed by atoms with Gasteiger partial charge in [-0.3, -0.25) is 0 Å². The zero-order valence-corrected chi connectivity index (χ0v) is 11.7. The van der Waals surface area contributed by atoms with E-state index < -0.39 is 12.2 Å². The molecule has 1 fully saturated rings. The van der Waals surface area contributed by atoms with Gasteiger partial charge in [0.15, 0.2) is 0 Å². The van der Waals surface area contributed by atoms with Gasteiger partial charge in [-0.15, -0.1) is 0 Å². The number of anilines is 2. The average Bonchev–Trinajstić information content (AvgIpc) is 2.70. The van der Waals surface area contributed by atoms with Gasteiger partial charge in [-0.2, -0.15) is 0 Å². The second-order valence-electron chi connectivity index (χ2n) is 5.19. The standard InChI is InChI=1S/C13H22N4O2/c1-4-14-11-5-12(16-13(15-11)8(2)3)17-6-9(18)10(19)7-17/h5,8-10,18-19H,4,6-7H2,1-3H3,(H,14,15,16). The minimum Gasteiger partial charge on any atom is -0.389 e. The SMILES string of the molecule is CCNc1cc(N2CC(O)C(O)C2)nc(C(C)C)n1. The first-order valence-corrected chi connectivity index (χ1v) is 6.75.